The van der Waals surface area contributed by atoms with Gasteiger partial charge in [0.2, 0.25) is 0 Å². The van der Waals surface area contributed by atoms with Crippen LogP contribution in [0.5, 0.6) is 0 Å². The van der Waals surface area contributed by atoms with Gasteiger partial charge in [-0.3, -0.25) is 4.79 Å². The second kappa shape index (κ2) is 5.86. The number of rotatable bonds is 5. The minimum atomic E-state index is -1.15. The zero-order valence-electron chi connectivity index (χ0n) is 9.77. The third kappa shape index (κ3) is 3.33. The molecule has 1 rings (SSSR count). The van der Waals surface area contributed by atoms with Crippen LogP contribution in [0.25, 0.3) is 0 Å². The lowest BCUT2D eigenvalue weighted by molar-refractivity contribution is 0.0201. The van der Waals surface area contributed by atoms with Crippen molar-refractivity contribution in [1.29, 1.82) is 0 Å². The van der Waals surface area contributed by atoms with E-state index in [0.29, 0.717) is 5.56 Å². The van der Waals surface area contributed by atoms with E-state index in [4.69, 9.17) is 0 Å². The highest BCUT2D eigenvalue weighted by Crippen LogP contribution is 2.20. The van der Waals surface area contributed by atoms with E-state index in [0.717, 1.165) is 6.07 Å². The van der Waals surface area contributed by atoms with Crippen LogP contribution in [-0.2, 0) is 0 Å². The number of Topliss-reactive ketones (excluding diaryl/α,β-unsaturated/α-hetero) is 1. The molecule has 2 atom stereocenters. The lowest BCUT2D eigenvalue weighted by Gasteiger charge is -2.18. The standard InChI is InChI=1S/C12H16FNO3/c1-7(15)9-5-8(3-4-10(9)13)12(17)11(16)6-14-2/h3-5,11-12,14,16-17H,6H2,1-2H3. The molecule has 0 aliphatic carbocycles. The first kappa shape index (κ1) is 13.8. The van der Waals surface area contributed by atoms with Crippen LogP contribution in [0, 0.1) is 5.82 Å². The Bertz CT molecular complexity index is 409. The minimum Gasteiger partial charge on any atom is -0.389 e. The Morgan fingerprint density at radius 1 is 1.47 bits per heavy atom. The Morgan fingerprint density at radius 3 is 2.65 bits per heavy atom. The number of hydrogen-bond donors (Lipinski definition) is 3. The van der Waals surface area contributed by atoms with Gasteiger partial charge in [0.1, 0.15) is 11.9 Å². The lowest BCUT2D eigenvalue weighted by Crippen LogP contribution is -2.29. The van der Waals surface area contributed by atoms with Crippen molar-refractivity contribution in [3.63, 3.8) is 0 Å². The fraction of sp³-hybridized carbons (Fsp3) is 0.417. The van der Waals surface area contributed by atoms with Crippen LogP contribution in [0.4, 0.5) is 4.39 Å². The molecule has 5 heteroatoms. The predicted molar refractivity (Wildman–Crippen MR) is 61.3 cm³/mol. The fourth-order valence-electron chi connectivity index (χ4n) is 1.54. The van der Waals surface area contributed by atoms with Gasteiger partial charge in [-0.05, 0) is 31.7 Å². The molecule has 17 heavy (non-hydrogen) atoms. The van der Waals surface area contributed by atoms with Gasteiger partial charge < -0.3 is 15.5 Å². The highest BCUT2D eigenvalue weighted by molar-refractivity contribution is 5.94. The molecular weight excluding hydrogens is 225 g/mol. The van der Waals surface area contributed by atoms with Gasteiger partial charge in [-0.25, -0.2) is 4.39 Å². The van der Waals surface area contributed by atoms with Gasteiger partial charge in [-0.15, -0.1) is 0 Å². The number of halogens is 1. The van der Waals surface area contributed by atoms with Crippen LogP contribution in [0.15, 0.2) is 18.2 Å². The lowest BCUT2D eigenvalue weighted by atomic mass is 10.00. The zero-order chi connectivity index (χ0) is 13.0. The molecule has 0 aromatic heterocycles. The number of likely N-dealkylation sites (N-methyl/N-ethyl adjacent to an activating group) is 1. The molecule has 1 aromatic carbocycles. The summed E-state index contributed by atoms with van der Waals surface area (Å²) in [7, 11) is 1.64. The van der Waals surface area contributed by atoms with Crippen molar-refractivity contribution in [3.8, 4) is 0 Å². The van der Waals surface area contributed by atoms with E-state index in [1.54, 1.807) is 7.05 Å². The largest absolute Gasteiger partial charge is 0.389 e. The summed E-state index contributed by atoms with van der Waals surface area (Å²) in [6, 6.07) is 3.73. The third-order valence-electron chi connectivity index (χ3n) is 2.49. The van der Waals surface area contributed by atoms with E-state index in [1.165, 1.54) is 19.1 Å². The van der Waals surface area contributed by atoms with E-state index in [9.17, 15) is 19.4 Å². The molecule has 94 valence electrons. The Kier molecular flexibility index (Phi) is 4.74. The molecule has 3 N–H and O–H groups in total. The Hall–Kier alpha value is -1.30. The van der Waals surface area contributed by atoms with Crippen LogP contribution in [0.2, 0.25) is 0 Å². The quantitative estimate of drug-likeness (QED) is 0.662. The molecule has 0 saturated carbocycles. The van der Waals surface area contributed by atoms with Gasteiger partial charge in [0.15, 0.2) is 5.78 Å². The maximum absolute atomic E-state index is 13.3. The molecule has 0 fully saturated rings. The summed E-state index contributed by atoms with van der Waals surface area (Å²) < 4.78 is 13.3. The predicted octanol–water partition coefficient (Wildman–Crippen LogP) is 0.642. The van der Waals surface area contributed by atoms with Gasteiger partial charge in [-0.1, -0.05) is 6.07 Å². The summed E-state index contributed by atoms with van der Waals surface area (Å²) in [4.78, 5) is 11.1. The summed E-state index contributed by atoms with van der Waals surface area (Å²) in [6.07, 6.45) is -2.16. The molecule has 0 spiro atoms. The molecule has 4 nitrogen and oxygen atoms in total. The molecule has 0 saturated heterocycles. The summed E-state index contributed by atoms with van der Waals surface area (Å²) >= 11 is 0. The van der Waals surface area contributed by atoms with Gasteiger partial charge in [-0.2, -0.15) is 0 Å². The summed E-state index contributed by atoms with van der Waals surface area (Å²) in [5, 5.41) is 22.1. The molecule has 0 bridgehead atoms. The number of aliphatic hydroxyl groups is 2. The molecule has 0 aliphatic heterocycles. The fourth-order valence-corrected chi connectivity index (χ4v) is 1.54. The van der Waals surface area contributed by atoms with E-state index in [1.807, 2.05) is 0 Å². The summed E-state index contributed by atoms with van der Waals surface area (Å²) in [5.74, 6) is -1.05. The van der Waals surface area contributed by atoms with Crippen molar-refractivity contribution in [1.82, 2.24) is 5.32 Å². The number of hydrogen-bond acceptors (Lipinski definition) is 4. The number of benzene rings is 1. The first-order valence-corrected chi connectivity index (χ1v) is 5.28. The van der Waals surface area contributed by atoms with Crippen molar-refractivity contribution in [2.45, 2.75) is 19.1 Å². The number of carbonyl (C=O) groups is 1. The number of carbonyl (C=O) groups excluding carboxylic acids is 1. The normalized spacial score (nSPS) is 14.4. The summed E-state index contributed by atoms with van der Waals surface area (Å²) in [5.41, 5.74) is 0.234. The van der Waals surface area contributed by atoms with E-state index < -0.39 is 23.8 Å². The summed E-state index contributed by atoms with van der Waals surface area (Å²) in [6.45, 7) is 1.45. The van der Waals surface area contributed by atoms with Gasteiger partial charge >= 0.3 is 0 Å². The van der Waals surface area contributed by atoms with Crippen molar-refractivity contribution >= 4 is 5.78 Å². The Balaban J connectivity index is 2.99. The average Bonchev–Trinajstić information content (AvgIpc) is 2.28. The highest BCUT2D eigenvalue weighted by atomic mass is 19.1. The third-order valence-corrected chi connectivity index (χ3v) is 2.49. The maximum Gasteiger partial charge on any atom is 0.162 e. The van der Waals surface area contributed by atoms with E-state index >= 15 is 0 Å². The van der Waals surface area contributed by atoms with Gasteiger partial charge in [0, 0.05) is 6.54 Å². The van der Waals surface area contributed by atoms with Crippen LogP contribution in [0.3, 0.4) is 0 Å². The van der Waals surface area contributed by atoms with Crippen LogP contribution in [0.1, 0.15) is 28.9 Å². The highest BCUT2D eigenvalue weighted by Gasteiger charge is 2.19. The second-order valence-electron chi connectivity index (χ2n) is 3.87. The van der Waals surface area contributed by atoms with Crippen molar-refractivity contribution < 1.29 is 19.4 Å². The molecule has 0 amide bonds. The number of aliphatic hydroxyl groups excluding tert-OH is 2. The number of ketones is 1. The molecular formula is C12H16FNO3. The van der Waals surface area contributed by atoms with Gasteiger partial charge in [0.25, 0.3) is 0 Å². The molecule has 0 radical (unpaired) electrons. The molecule has 0 heterocycles. The maximum atomic E-state index is 13.3. The first-order chi connectivity index (χ1) is 7.97. The SMILES string of the molecule is CNCC(O)C(O)c1ccc(F)c(C(C)=O)c1. The smallest absolute Gasteiger partial charge is 0.162 e. The topological polar surface area (TPSA) is 69.6 Å². The first-order valence-electron chi connectivity index (χ1n) is 5.28. The number of nitrogens with one attached hydrogen (secondary N) is 1. The Labute approximate surface area is 99.1 Å². The van der Waals surface area contributed by atoms with Crippen LogP contribution < -0.4 is 5.32 Å². The van der Waals surface area contributed by atoms with Gasteiger partial charge in [0.05, 0.1) is 11.7 Å². The van der Waals surface area contributed by atoms with Crippen LogP contribution >= 0.6 is 0 Å². The van der Waals surface area contributed by atoms with Crippen molar-refractivity contribution in [2.75, 3.05) is 13.6 Å². The van der Waals surface area contributed by atoms with Crippen molar-refractivity contribution in [2.24, 2.45) is 0 Å². The molecule has 2 unspecified atom stereocenters. The monoisotopic (exact) mass is 241 g/mol. The van der Waals surface area contributed by atoms with E-state index in [2.05, 4.69) is 5.32 Å². The Morgan fingerprint density at radius 2 is 2.12 bits per heavy atom. The average molecular weight is 241 g/mol. The molecule has 1 aromatic rings. The minimum absolute atomic E-state index is 0.0850. The second-order valence-corrected chi connectivity index (χ2v) is 3.87. The molecule has 0 aliphatic rings. The van der Waals surface area contributed by atoms with E-state index in [-0.39, 0.29) is 12.1 Å². The van der Waals surface area contributed by atoms with Crippen LogP contribution in [-0.4, -0.2) is 35.7 Å². The van der Waals surface area contributed by atoms with Crippen molar-refractivity contribution in [3.05, 3.63) is 35.1 Å². The zero-order valence-corrected chi connectivity index (χ0v) is 9.77.